The summed E-state index contributed by atoms with van der Waals surface area (Å²) in [5.74, 6) is 2.10. The van der Waals surface area contributed by atoms with Gasteiger partial charge in [-0.25, -0.2) is 4.98 Å². The van der Waals surface area contributed by atoms with Crippen molar-refractivity contribution in [2.45, 2.75) is 26.3 Å². The molecule has 110 valence electrons. The second-order valence-electron chi connectivity index (χ2n) is 4.83. The molecular formula is C16H17ClN2OS. The van der Waals surface area contributed by atoms with Gasteiger partial charge in [0.2, 0.25) is 0 Å². The zero-order valence-electron chi connectivity index (χ0n) is 12.1. The van der Waals surface area contributed by atoms with Gasteiger partial charge in [0.05, 0.1) is 24.5 Å². The lowest BCUT2D eigenvalue weighted by Gasteiger charge is -2.08. The predicted octanol–water partition coefficient (Wildman–Crippen LogP) is 4.59. The van der Waals surface area contributed by atoms with Gasteiger partial charge < -0.3 is 9.30 Å². The molecule has 3 rings (SSSR count). The zero-order valence-corrected chi connectivity index (χ0v) is 13.7. The highest BCUT2D eigenvalue weighted by atomic mass is 35.5. The highest BCUT2D eigenvalue weighted by Gasteiger charge is 2.15. The van der Waals surface area contributed by atoms with Gasteiger partial charge in [-0.1, -0.05) is 6.07 Å². The number of nitrogens with zero attached hydrogens (tertiary/aromatic N) is 2. The van der Waals surface area contributed by atoms with E-state index in [1.165, 1.54) is 10.4 Å². The lowest BCUT2D eigenvalue weighted by atomic mass is 10.2. The average Bonchev–Trinajstić information content (AvgIpc) is 3.05. The number of fused-ring (bicyclic) bond motifs is 1. The number of imidazole rings is 1. The Balaban J connectivity index is 2.12. The van der Waals surface area contributed by atoms with Gasteiger partial charge in [-0.3, -0.25) is 0 Å². The maximum absolute atomic E-state index is 6.09. The summed E-state index contributed by atoms with van der Waals surface area (Å²) in [7, 11) is 0. The van der Waals surface area contributed by atoms with Crippen LogP contribution in [0, 0.1) is 6.92 Å². The van der Waals surface area contributed by atoms with Crippen molar-refractivity contribution in [1.82, 2.24) is 9.55 Å². The van der Waals surface area contributed by atoms with Gasteiger partial charge in [0.1, 0.15) is 17.1 Å². The molecule has 2 heterocycles. The number of halogens is 1. The Morgan fingerprint density at radius 1 is 1.33 bits per heavy atom. The van der Waals surface area contributed by atoms with Crippen LogP contribution in [-0.4, -0.2) is 16.2 Å². The molecule has 2 aromatic heterocycles. The fourth-order valence-electron chi connectivity index (χ4n) is 2.43. The van der Waals surface area contributed by atoms with Crippen molar-refractivity contribution in [3.63, 3.8) is 0 Å². The lowest BCUT2D eigenvalue weighted by Crippen LogP contribution is -2.03. The summed E-state index contributed by atoms with van der Waals surface area (Å²) in [5.41, 5.74) is 3.27. The zero-order chi connectivity index (χ0) is 14.8. The molecule has 0 aliphatic carbocycles. The van der Waals surface area contributed by atoms with Gasteiger partial charge in [0.25, 0.3) is 0 Å². The van der Waals surface area contributed by atoms with Gasteiger partial charge in [0, 0.05) is 4.88 Å². The maximum Gasteiger partial charge on any atom is 0.147 e. The molecule has 0 unspecified atom stereocenters. The monoisotopic (exact) mass is 320 g/mol. The summed E-state index contributed by atoms with van der Waals surface area (Å²) in [6, 6.07) is 8.18. The molecule has 0 spiro atoms. The predicted molar refractivity (Wildman–Crippen MR) is 88.6 cm³/mol. The second-order valence-corrected chi connectivity index (χ2v) is 6.10. The minimum atomic E-state index is 0.394. The third-order valence-corrected chi connectivity index (χ3v) is 4.76. The summed E-state index contributed by atoms with van der Waals surface area (Å²) in [4.78, 5) is 6.01. The van der Waals surface area contributed by atoms with Gasteiger partial charge in [-0.15, -0.1) is 22.9 Å². The van der Waals surface area contributed by atoms with E-state index in [-0.39, 0.29) is 0 Å². The van der Waals surface area contributed by atoms with Crippen molar-refractivity contribution in [2.75, 3.05) is 6.61 Å². The fraction of sp³-hybridized carbons (Fsp3) is 0.312. The van der Waals surface area contributed by atoms with E-state index < -0.39 is 0 Å². The van der Waals surface area contributed by atoms with E-state index in [0.717, 1.165) is 29.2 Å². The molecule has 0 saturated carbocycles. The SMILES string of the molecule is CCOc1cccc2c1nc(CCl)n2Cc1sccc1C. The molecular weight excluding hydrogens is 304 g/mol. The first-order valence-corrected chi connectivity index (χ1v) is 8.35. The van der Waals surface area contributed by atoms with E-state index in [2.05, 4.69) is 34.0 Å². The highest BCUT2D eigenvalue weighted by molar-refractivity contribution is 7.10. The molecule has 0 N–H and O–H groups in total. The van der Waals surface area contributed by atoms with Crippen molar-refractivity contribution in [1.29, 1.82) is 0 Å². The quantitative estimate of drug-likeness (QED) is 0.643. The van der Waals surface area contributed by atoms with Crippen LogP contribution >= 0.6 is 22.9 Å². The molecule has 0 radical (unpaired) electrons. The average molecular weight is 321 g/mol. The first kappa shape index (κ1) is 14.4. The van der Waals surface area contributed by atoms with Crippen molar-refractivity contribution in [3.8, 4) is 5.75 Å². The molecule has 1 aromatic carbocycles. The summed E-state index contributed by atoms with van der Waals surface area (Å²) >= 11 is 7.86. The Morgan fingerprint density at radius 2 is 2.19 bits per heavy atom. The molecule has 5 heteroatoms. The number of thiophene rings is 1. The molecule has 3 nitrogen and oxygen atoms in total. The number of para-hydroxylation sites is 1. The number of benzene rings is 1. The molecule has 0 atom stereocenters. The molecule has 0 bridgehead atoms. The topological polar surface area (TPSA) is 27.1 Å². The molecule has 0 aliphatic rings. The number of aromatic nitrogens is 2. The smallest absolute Gasteiger partial charge is 0.147 e. The minimum absolute atomic E-state index is 0.394. The molecule has 0 saturated heterocycles. The Bertz CT molecular complexity index is 763. The number of hydrogen-bond acceptors (Lipinski definition) is 3. The Kier molecular flexibility index (Phi) is 4.17. The Hall–Kier alpha value is -1.52. The molecule has 0 amide bonds. The van der Waals surface area contributed by atoms with Crippen molar-refractivity contribution >= 4 is 34.0 Å². The van der Waals surface area contributed by atoms with E-state index in [1.807, 2.05) is 19.1 Å². The number of aryl methyl sites for hydroxylation is 1. The van der Waals surface area contributed by atoms with E-state index in [9.17, 15) is 0 Å². The first-order chi connectivity index (χ1) is 10.2. The summed E-state index contributed by atoms with van der Waals surface area (Å²) in [5, 5.41) is 2.12. The second kappa shape index (κ2) is 6.08. The van der Waals surface area contributed by atoms with Crippen molar-refractivity contribution in [3.05, 3.63) is 45.9 Å². The van der Waals surface area contributed by atoms with Crippen LogP contribution in [0.4, 0.5) is 0 Å². The van der Waals surface area contributed by atoms with E-state index >= 15 is 0 Å². The van der Waals surface area contributed by atoms with Gasteiger partial charge >= 0.3 is 0 Å². The van der Waals surface area contributed by atoms with E-state index in [0.29, 0.717) is 12.5 Å². The summed E-state index contributed by atoms with van der Waals surface area (Å²) in [6.07, 6.45) is 0. The Labute approximate surface area is 133 Å². The third kappa shape index (κ3) is 2.65. The van der Waals surface area contributed by atoms with Gasteiger partial charge in [-0.05, 0) is 43.0 Å². The van der Waals surface area contributed by atoms with E-state index in [1.54, 1.807) is 11.3 Å². The maximum atomic E-state index is 6.09. The fourth-order valence-corrected chi connectivity index (χ4v) is 3.53. The first-order valence-electron chi connectivity index (χ1n) is 6.94. The van der Waals surface area contributed by atoms with Crippen LogP contribution < -0.4 is 4.74 Å². The van der Waals surface area contributed by atoms with Crippen LogP contribution in [-0.2, 0) is 12.4 Å². The summed E-state index contributed by atoms with van der Waals surface area (Å²) < 4.78 is 7.86. The number of rotatable bonds is 5. The van der Waals surface area contributed by atoms with Crippen LogP contribution in [0.15, 0.2) is 29.6 Å². The van der Waals surface area contributed by atoms with Crippen LogP contribution in [0.5, 0.6) is 5.75 Å². The lowest BCUT2D eigenvalue weighted by molar-refractivity contribution is 0.343. The van der Waals surface area contributed by atoms with Crippen LogP contribution in [0.1, 0.15) is 23.2 Å². The van der Waals surface area contributed by atoms with Crippen LogP contribution in [0.2, 0.25) is 0 Å². The third-order valence-electron chi connectivity index (χ3n) is 3.51. The number of ether oxygens (including phenoxy) is 1. The van der Waals surface area contributed by atoms with Gasteiger partial charge in [-0.2, -0.15) is 0 Å². The van der Waals surface area contributed by atoms with Gasteiger partial charge in [0.15, 0.2) is 0 Å². The largest absolute Gasteiger partial charge is 0.492 e. The minimum Gasteiger partial charge on any atom is -0.492 e. The number of alkyl halides is 1. The molecule has 0 fully saturated rings. The molecule has 3 aromatic rings. The highest BCUT2D eigenvalue weighted by Crippen LogP contribution is 2.28. The van der Waals surface area contributed by atoms with Crippen LogP contribution in [0.3, 0.4) is 0 Å². The summed E-state index contributed by atoms with van der Waals surface area (Å²) in [6.45, 7) is 5.55. The normalized spacial score (nSPS) is 11.2. The van der Waals surface area contributed by atoms with Crippen LogP contribution in [0.25, 0.3) is 11.0 Å². The molecule has 0 aliphatic heterocycles. The molecule has 21 heavy (non-hydrogen) atoms. The standard InChI is InChI=1S/C16H17ClN2OS/c1-3-20-13-6-4-5-12-16(13)18-15(9-17)19(12)10-14-11(2)7-8-21-14/h4-8H,3,9-10H2,1-2H3. The Morgan fingerprint density at radius 3 is 2.86 bits per heavy atom. The number of hydrogen-bond donors (Lipinski definition) is 0. The van der Waals surface area contributed by atoms with Crippen molar-refractivity contribution < 1.29 is 4.74 Å². The van der Waals surface area contributed by atoms with Crippen molar-refractivity contribution in [2.24, 2.45) is 0 Å². The van der Waals surface area contributed by atoms with E-state index in [4.69, 9.17) is 16.3 Å².